The molecule has 0 radical (unpaired) electrons. The predicted octanol–water partition coefficient (Wildman–Crippen LogP) is 4.54. The number of ether oxygens (including phenoxy) is 1. The summed E-state index contributed by atoms with van der Waals surface area (Å²) >= 11 is 11.9. The van der Waals surface area contributed by atoms with Crippen LogP contribution in [0.5, 0.6) is 0 Å². The van der Waals surface area contributed by atoms with Gasteiger partial charge >= 0.3 is 0 Å². The van der Waals surface area contributed by atoms with Crippen molar-refractivity contribution in [3.8, 4) is 0 Å². The van der Waals surface area contributed by atoms with Crippen LogP contribution in [0.1, 0.15) is 23.6 Å². The molecule has 0 aliphatic carbocycles. The number of fused-ring (bicyclic) bond motifs is 2. The Kier molecular flexibility index (Phi) is 4.63. The highest BCUT2D eigenvalue weighted by atomic mass is 35.5. The number of nitrogens with zero attached hydrogens (tertiary/aromatic N) is 1. The van der Waals surface area contributed by atoms with Crippen molar-refractivity contribution < 1.29 is 13.9 Å². The van der Waals surface area contributed by atoms with Gasteiger partial charge in [0.05, 0.1) is 28.2 Å². The number of amides is 1. The van der Waals surface area contributed by atoms with Crippen molar-refractivity contribution in [3.05, 3.63) is 57.8 Å². The third kappa shape index (κ3) is 3.08. The van der Waals surface area contributed by atoms with Crippen LogP contribution in [0, 0.1) is 12.8 Å². The molecule has 2 aliphatic rings. The molecule has 5 atom stereocenters. The van der Waals surface area contributed by atoms with Gasteiger partial charge in [0.15, 0.2) is 0 Å². The quantitative estimate of drug-likeness (QED) is 0.830. The Balaban J connectivity index is 1.61. The Bertz CT molecular complexity index is 846. The molecule has 2 aliphatic heterocycles. The molecule has 136 valence electrons. The van der Waals surface area contributed by atoms with E-state index in [0.29, 0.717) is 15.7 Å². The topological polar surface area (TPSA) is 51.2 Å². The number of carbonyl (C=O) groups excluding carboxylic acids is 1. The first kappa shape index (κ1) is 17.7. The molecule has 26 heavy (non-hydrogen) atoms. The molecule has 4 nitrogen and oxygen atoms in total. The zero-order chi connectivity index (χ0) is 18.4. The highest BCUT2D eigenvalue weighted by molar-refractivity contribution is 6.42. The highest BCUT2D eigenvalue weighted by Gasteiger charge is 2.57. The fraction of sp³-hybridized carbons (Fsp3) is 0.368. The Morgan fingerprint density at radius 2 is 2.08 bits per heavy atom. The molecule has 3 heterocycles. The van der Waals surface area contributed by atoms with Gasteiger partial charge in [-0.15, -0.1) is 0 Å². The second-order valence-electron chi connectivity index (χ2n) is 6.79. The average molecular weight is 395 g/mol. The van der Waals surface area contributed by atoms with Crippen molar-refractivity contribution in [3.63, 3.8) is 0 Å². The fourth-order valence-electron chi connectivity index (χ4n) is 3.88. The standard InChI is InChI=1S/C19H17Cl2FN2O2/c1-9-2-3-10(8-23-9)16-17(15-7-14(22)18(16)26-15)19(25)24-11-4-5-12(20)13(21)6-11/h2-6,8,14-18H,7H2,1H3,(H,24,25)/t14-,15+,16+,17+,18-/m0/s1. The van der Waals surface area contributed by atoms with Crippen molar-refractivity contribution in [1.29, 1.82) is 0 Å². The summed E-state index contributed by atoms with van der Waals surface area (Å²) in [5, 5.41) is 3.63. The number of hydrogen-bond donors (Lipinski definition) is 1. The van der Waals surface area contributed by atoms with E-state index in [9.17, 15) is 9.18 Å². The molecule has 2 bridgehead atoms. The van der Waals surface area contributed by atoms with Gasteiger partial charge in [-0.3, -0.25) is 9.78 Å². The number of aryl methyl sites for hydroxylation is 1. The summed E-state index contributed by atoms with van der Waals surface area (Å²) in [6.07, 6.45) is -0.186. The zero-order valence-electron chi connectivity index (χ0n) is 14.0. The van der Waals surface area contributed by atoms with Gasteiger partial charge in [-0.25, -0.2) is 4.39 Å². The van der Waals surface area contributed by atoms with E-state index >= 15 is 0 Å². The number of aromatic nitrogens is 1. The van der Waals surface area contributed by atoms with Crippen LogP contribution < -0.4 is 5.32 Å². The Morgan fingerprint density at radius 3 is 2.77 bits per heavy atom. The monoisotopic (exact) mass is 394 g/mol. The van der Waals surface area contributed by atoms with Gasteiger partial charge in [-0.05, 0) is 36.8 Å². The first-order chi connectivity index (χ1) is 12.4. The summed E-state index contributed by atoms with van der Waals surface area (Å²) in [4.78, 5) is 17.2. The minimum atomic E-state index is -1.07. The Labute approximate surface area is 160 Å². The molecule has 7 heteroatoms. The Hall–Kier alpha value is -1.69. The van der Waals surface area contributed by atoms with Crippen molar-refractivity contribution >= 4 is 34.8 Å². The Morgan fingerprint density at radius 1 is 1.27 bits per heavy atom. The smallest absolute Gasteiger partial charge is 0.230 e. The number of nitrogens with one attached hydrogen (secondary N) is 1. The van der Waals surface area contributed by atoms with E-state index in [1.165, 1.54) is 0 Å². The molecule has 1 N–H and O–H groups in total. The predicted molar refractivity (Wildman–Crippen MR) is 98.5 cm³/mol. The molecule has 1 aromatic heterocycles. The number of alkyl halides is 1. The summed E-state index contributed by atoms with van der Waals surface area (Å²) < 4.78 is 20.1. The normalized spacial score (nSPS) is 29.8. The van der Waals surface area contributed by atoms with Crippen LogP contribution in [0.4, 0.5) is 10.1 Å². The first-order valence-corrected chi connectivity index (χ1v) is 9.17. The second-order valence-corrected chi connectivity index (χ2v) is 7.61. The summed E-state index contributed by atoms with van der Waals surface area (Å²) in [7, 11) is 0. The molecule has 1 amide bonds. The molecule has 0 saturated carbocycles. The van der Waals surface area contributed by atoms with E-state index in [-0.39, 0.29) is 18.2 Å². The molecule has 2 fully saturated rings. The van der Waals surface area contributed by atoms with E-state index in [0.717, 1.165) is 11.3 Å². The summed E-state index contributed by atoms with van der Waals surface area (Å²) in [6, 6.07) is 8.65. The third-order valence-electron chi connectivity index (χ3n) is 5.10. The van der Waals surface area contributed by atoms with E-state index in [2.05, 4.69) is 10.3 Å². The highest BCUT2D eigenvalue weighted by Crippen LogP contribution is 2.50. The number of benzene rings is 1. The second kappa shape index (κ2) is 6.80. The number of pyridine rings is 1. The zero-order valence-corrected chi connectivity index (χ0v) is 15.5. The van der Waals surface area contributed by atoms with Crippen LogP contribution >= 0.6 is 23.2 Å². The van der Waals surface area contributed by atoms with Crippen LogP contribution in [-0.4, -0.2) is 29.3 Å². The van der Waals surface area contributed by atoms with Gasteiger partial charge < -0.3 is 10.1 Å². The lowest BCUT2D eigenvalue weighted by atomic mass is 9.74. The van der Waals surface area contributed by atoms with Crippen LogP contribution in [-0.2, 0) is 9.53 Å². The van der Waals surface area contributed by atoms with Gasteiger partial charge in [-0.2, -0.15) is 0 Å². The summed E-state index contributed by atoms with van der Waals surface area (Å²) in [5.74, 6) is -1.06. The van der Waals surface area contributed by atoms with E-state index in [4.69, 9.17) is 27.9 Å². The number of halogens is 3. The van der Waals surface area contributed by atoms with Crippen LogP contribution in [0.2, 0.25) is 10.0 Å². The largest absolute Gasteiger partial charge is 0.370 e. The lowest BCUT2D eigenvalue weighted by Crippen LogP contribution is -2.39. The molecule has 1 aromatic carbocycles. The number of hydrogen-bond acceptors (Lipinski definition) is 3. The summed E-state index contributed by atoms with van der Waals surface area (Å²) in [6.45, 7) is 1.88. The van der Waals surface area contributed by atoms with Crippen LogP contribution in [0.15, 0.2) is 36.5 Å². The van der Waals surface area contributed by atoms with Gasteiger partial charge in [0.25, 0.3) is 0 Å². The van der Waals surface area contributed by atoms with Gasteiger partial charge in [0.2, 0.25) is 5.91 Å². The van der Waals surface area contributed by atoms with Crippen molar-refractivity contribution in [2.75, 3.05) is 5.32 Å². The maximum atomic E-state index is 14.3. The van der Waals surface area contributed by atoms with Crippen molar-refractivity contribution in [1.82, 2.24) is 4.98 Å². The third-order valence-corrected chi connectivity index (χ3v) is 5.84. The van der Waals surface area contributed by atoms with Gasteiger partial charge in [0.1, 0.15) is 6.17 Å². The first-order valence-electron chi connectivity index (χ1n) is 8.42. The molecule has 2 saturated heterocycles. The van der Waals surface area contributed by atoms with E-state index in [1.54, 1.807) is 24.4 Å². The van der Waals surface area contributed by atoms with Crippen molar-refractivity contribution in [2.24, 2.45) is 5.92 Å². The maximum Gasteiger partial charge on any atom is 0.230 e. The fourth-order valence-corrected chi connectivity index (χ4v) is 4.18. The van der Waals surface area contributed by atoms with Gasteiger partial charge in [0, 0.05) is 29.9 Å². The summed E-state index contributed by atoms with van der Waals surface area (Å²) in [5.41, 5.74) is 2.23. The lowest BCUT2D eigenvalue weighted by Gasteiger charge is -2.29. The molecule has 0 spiro atoms. The molecular weight excluding hydrogens is 378 g/mol. The maximum absolute atomic E-state index is 14.3. The average Bonchev–Trinajstić information content (AvgIpc) is 3.16. The van der Waals surface area contributed by atoms with E-state index in [1.807, 2.05) is 19.1 Å². The number of rotatable bonds is 3. The molecular formula is C19H17Cl2FN2O2. The molecule has 0 unspecified atom stereocenters. The van der Waals surface area contributed by atoms with Crippen LogP contribution in [0.25, 0.3) is 0 Å². The SMILES string of the molecule is Cc1ccc([C@H]2[C@H]3O[C@H](C[C@@H]3F)[C@H]2C(=O)Nc2ccc(Cl)c(Cl)c2)cn1. The molecule has 2 aromatic rings. The minimum absolute atomic E-state index is 0.214. The van der Waals surface area contributed by atoms with Gasteiger partial charge in [-0.1, -0.05) is 29.3 Å². The van der Waals surface area contributed by atoms with Crippen LogP contribution in [0.3, 0.4) is 0 Å². The van der Waals surface area contributed by atoms with E-state index < -0.39 is 24.3 Å². The number of carbonyl (C=O) groups is 1. The minimum Gasteiger partial charge on any atom is -0.370 e. The molecule has 4 rings (SSSR count). The lowest BCUT2D eigenvalue weighted by molar-refractivity contribution is -0.121. The number of anilines is 1. The van der Waals surface area contributed by atoms with Crippen molar-refractivity contribution in [2.45, 2.75) is 37.6 Å².